The van der Waals surface area contributed by atoms with Crippen LogP contribution in [0.3, 0.4) is 0 Å². The summed E-state index contributed by atoms with van der Waals surface area (Å²) in [7, 11) is -2.33. The molecule has 1 saturated heterocycles. The van der Waals surface area contributed by atoms with E-state index in [0.717, 1.165) is 0 Å². The number of hydrogen-bond donors (Lipinski definition) is 1. The maximum absolute atomic E-state index is 12.4. The number of amides is 1. The van der Waals surface area contributed by atoms with E-state index in [1.807, 2.05) is 11.8 Å². The number of ether oxygens (including phenoxy) is 1. The van der Waals surface area contributed by atoms with Crippen LogP contribution in [0.1, 0.15) is 60.5 Å². The van der Waals surface area contributed by atoms with Crippen molar-refractivity contribution in [2.45, 2.75) is 44.8 Å². The van der Waals surface area contributed by atoms with Gasteiger partial charge in [-0.15, -0.1) is 0 Å². The highest BCUT2D eigenvalue weighted by Crippen LogP contribution is 2.30. The fourth-order valence-corrected chi connectivity index (χ4v) is 5.32. The highest BCUT2D eigenvalue weighted by Gasteiger charge is 2.27. The van der Waals surface area contributed by atoms with Crippen molar-refractivity contribution < 1.29 is 22.7 Å². The molecular weight excluding hydrogens is 468 g/mol. The molecule has 2 heterocycles. The Morgan fingerprint density at radius 2 is 1.91 bits per heavy atom. The molecule has 1 aromatic carbocycles. The zero-order valence-corrected chi connectivity index (χ0v) is 20.8. The maximum atomic E-state index is 12.4. The van der Waals surface area contributed by atoms with Gasteiger partial charge >= 0.3 is 0 Å². The fraction of sp³-hybridized carbons (Fsp3) is 0.440. The van der Waals surface area contributed by atoms with Gasteiger partial charge in [-0.3, -0.25) is 14.3 Å². The third-order valence-corrected chi connectivity index (χ3v) is 7.17. The van der Waals surface area contributed by atoms with Gasteiger partial charge in [0.25, 0.3) is 0 Å². The molecule has 186 valence electrons. The zero-order chi connectivity index (χ0) is 25.4. The molecule has 9 nitrogen and oxygen atoms in total. The van der Waals surface area contributed by atoms with Gasteiger partial charge in [-0.05, 0) is 36.8 Å². The summed E-state index contributed by atoms with van der Waals surface area (Å²) in [4.78, 5) is 31.2. The van der Waals surface area contributed by atoms with Crippen LogP contribution in [0, 0.1) is 17.2 Å². The predicted octanol–water partition coefficient (Wildman–Crippen LogP) is 3.20. The molecule has 1 aromatic heterocycles. The Bertz CT molecular complexity index is 1200. The summed E-state index contributed by atoms with van der Waals surface area (Å²) < 4.78 is 32.1. The number of nitrogens with zero attached hydrogens (tertiary/aromatic N) is 3. The monoisotopic (exact) mass is 498 g/mol. The summed E-state index contributed by atoms with van der Waals surface area (Å²) in [5, 5.41) is 9.66. The zero-order valence-electron chi connectivity index (χ0n) is 20.0. The van der Waals surface area contributed by atoms with Crippen LogP contribution in [0.2, 0.25) is 0 Å². The van der Waals surface area contributed by atoms with E-state index in [1.165, 1.54) is 13.2 Å². The van der Waals surface area contributed by atoms with Gasteiger partial charge in [0.15, 0.2) is 11.6 Å². The largest absolute Gasteiger partial charge is 0.480 e. The minimum Gasteiger partial charge on any atom is -0.480 e. The van der Waals surface area contributed by atoms with Gasteiger partial charge in [-0.2, -0.15) is 10.2 Å². The van der Waals surface area contributed by atoms with Crippen molar-refractivity contribution in [1.82, 2.24) is 9.71 Å². The molecule has 1 N–H and O–H groups in total. The summed E-state index contributed by atoms with van der Waals surface area (Å²) in [5.41, 5.74) is 1.21. The number of piperidine rings is 1. The number of ketones is 1. The maximum Gasteiger partial charge on any atom is 0.239 e. The molecule has 10 heteroatoms. The lowest BCUT2D eigenvalue weighted by molar-refractivity contribution is -0.120. The number of aromatic nitrogens is 1. The number of anilines is 1. The van der Waals surface area contributed by atoms with Gasteiger partial charge in [0.1, 0.15) is 6.07 Å². The van der Waals surface area contributed by atoms with Gasteiger partial charge in [0.2, 0.25) is 21.8 Å². The Hall–Kier alpha value is -3.45. The number of carbonyl (C=O) groups excluding carboxylic acids is 2. The van der Waals surface area contributed by atoms with Gasteiger partial charge in [0, 0.05) is 25.9 Å². The first-order valence-electron chi connectivity index (χ1n) is 11.6. The first-order valence-corrected chi connectivity index (χ1v) is 13.3. The number of benzene rings is 1. The van der Waals surface area contributed by atoms with Gasteiger partial charge in [0.05, 0.1) is 24.0 Å². The lowest BCUT2D eigenvalue weighted by Crippen LogP contribution is -2.38. The second-order valence-electron chi connectivity index (χ2n) is 8.61. The predicted molar refractivity (Wildman–Crippen MR) is 132 cm³/mol. The SMILES string of the molecule is CCCC(=O)c1cc(C#N)c(N2CCC(CC(=O)NS(=O)(=O)Cc3ccccc3)CC2)nc1OC. The van der Waals surface area contributed by atoms with E-state index in [1.54, 1.807) is 30.3 Å². The second kappa shape index (κ2) is 11.8. The van der Waals surface area contributed by atoms with Crippen LogP contribution in [-0.4, -0.2) is 45.3 Å². The van der Waals surface area contributed by atoms with Gasteiger partial charge in [-0.25, -0.2) is 8.42 Å². The lowest BCUT2D eigenvalue weighted by Gasteiger charge is -2.33. The fourth-order valence-electron chi connectivity index (χ4n) is 4.18. The van der Waals surface area contributed by atoms with Crippen LogP contribution < -0.4 is 14.4 Å². The standard InChI is InChI=1S/C25H30N4O5S/c1-3-7-22(30)21-15-20(16-26)24(27-25(21)34-2)29-12-10-18(11-13-29)14-23(31)28-35(32,33)17-19-8-5-4-6-9-19/h4-6,8-9,15,18H,3,7,10-14,17H2,1-2H3,(H,28,31). The van der Waals surface area contributed by atoms with E-state index >= 15 is 0 Å². The molecule has 0 unspecified atom stereocenters. The van der Waals surface area contributed by atoms with E-state index in [0.29, 0.717) is 61.3 Å². The number of pyridine rings is 1. The smallest absolute Gasteiger partial charge is 0.239 e. The Morgan fingerprint density at radius 1 is 1.23 bits per heavy atom. The third kappa shape index (κ3) is 7.02. The molecule has 2 aromatic rings. The number of carbonyl (C=O) groups is 2. The minimum atomic E-state index is -3.77. The van der Waals surface area contributed by atoms with Gasteiger partial charge < -0.3 is 9.64 Å². The number of Topliss-reactive ketones (excluding diaryl/α,β-unsaturated/α-hetero) is 1. The molecule has 0 bridgehead atoms. The second-order valence-corrected chi connectivity index (χ2v) is 10.3. The molecular formula is C25H30N4O5S. The van der Waals surface area contributed by atoms with Crippen molar-refractivity contribution >= 4 is 27.5 Å². The molecule has 0 aliphatic carbocycles. The normalized spacial score (nSPS) is 14.3. The number of methoxy groups -OCH3 is 1. The van der Waals surface area contributed by atoms with Gasteiger partial charge in [-0.1, -0.05) is 37.3 Å². The van der Waals surface area contributed by atoms with Crippen molar-refractivity contribution in [3.8, 4) is 11.9 Å². The highest BCUT2D eigenvalue weighted by atomic mass is 32.2. The Kier molecular flexibility index (Phi) is 8.82. The molecule has 1 amide bonds. The summed E-state index contributed by atoms with van der Waals surface area (Å²) >= 11 is 0. The molecule has 3 rings (SSSR count). The first kappa shape index (κ1) is 26.2. The number of hydrogen-bond acceptors (Lipinski definition) is 8. The molecule has 1 aliphatic rings. The molecule has 1 fully saturated rings. The van der Waals surface area contributed by atoms with E-state index in [2.05, 4.69) is 15.8 Å². The van der Waals surface area contributed by atoms with Crippen molar-refractivity contribution in [3.63, 3.8) is 0 Å². The summed E-state index contributed by atoms with van der Waals surface area (Å²) in [6.07, 6.45) is 2.40. The van der Waals surface area contributed by atoms with Crippen molar-refractivity contribution in [2.24, 2.45) is 5.92 Å². The molecule has 0 saturated carbocycles. The molecule has 35 heavy (non-hydrogen) atoms. The Balaban J connectivity index is 1.61. The van der Waals surface area contributed by atoms with Crippen molar-refractivity contribution in [2.75, 3.05) is 25.1 Å². The lowest BCUT2D eigenvalue weighted by atomic mass is 9.93. The van der Waals surface area contributed by atoms with E-state index in [-0.39, 0.29) is 29.8 Å². The Morgan fingerprint density at radius 3 is 2.51 bits per heavy atom. The molecule has 1 aliphatic heterocycles. The average Bonchev–Trinajstić information content (AvgIpc) is 2.83. The average molecular weight is 499 g/mol. The van der Waals surface area contributed by atoms with E-state index in [9.17, 15) is 23.3 Å². The van der Waals surface area contributed by atoms with Crippen LogP contribution >= 0.6 is 0 Å². The van der Waals surface area contributed by atoms with Crippen molar-refractivity contribution in [3.05, 3.63) is 53.1 Å². The van der Waals surface area contributed by atoms with Crippen LogP contribution in [0.15, 0.2) is 36.4 Å². The van der Waals surface area contributed by atoms with Crippen LogP contribution in [0.4, 0.5) is 5.82 Å². The number of nitrogens with one attached hydrogen (secondary N) is 1. The summed E-state index contributed by atoms with van der Waals surface area (Å²) in [6.45, 7) is 2.99. The van der Waals surface area contributed by atoms with Crippen LogP contribution in [0.25, 0.3) is 0 Å². The van der Waals surface area contributed by atoms with Crippen molar-refractivity contribution in [1.29, 1.82) is 5.26 Å². The summed E-state index contributed by atoms with van der Waals surface area (Å²) in [5.74, 6) is -0.231. The molecule has 0 spiro atoms. The number of rotatable bonds is 10. The highest BCUT2D eigenvalue weighted by molar-refractivity contribution is 7.89. The summed E-state index contributed by atoms with van der Waals surface area (Å²) in [6, 6.07) is 12.4. The topological polar surface area (TPSA) is 129 Å². The quantitative estimate of drug-likeness (QED) is 0.495. The van der Waals surface area contributed by atoms with Crippen LogP contribution in [0.5, 0.6) is 5.88 Å². The Labute approximate surface area is 206 Å². The number of sulfonamides is 1. The van der Waals surface area contributed by atoms with Crippen LogP contribution in [-0.2, 0) is 20.6 Å². The number of nitriles is 1. The van der Waals surface area contributed by atoms with E-state index in [4.69, 9.17) is 4.74 Å². The van der Waals surface area contributed by atoms with E-state index < -0.39 is 15.9 Å². The third-order valence-electron chi connectivity index (χ3n) is 5.92. The first-order chi connectivity index (χ1) is 16.8. The minimum absolute atomic E-state index is 0.0102. The molecule has 0 atom stereocenters. The molecule has 0 radical (unpaired) electrons.